The summed E-state index contributed by atoms with van der Waals surface area (Å²) in [5.41, 5.74) is 4.86. The number of nitrogens with zero attached hydrogens (tertiary/aromatic N) is 1. The van der Waals surface area contributed by atoms with Gasteiger partial charge in [0.2, 0.25) is 5.91 Å². The smallest absolute Gasteiger partial charge is 0.237 e. The van der Waals surface area contributed by atoms with E-state index in [4.69, 9.17) is 5.73 Å². The van der Waals surface area contributed by atoms with Crippen LogP contribution < -0.4 is 11.1 Å². The molecule has 0 aliphatic carbocycles. The molecule has 1 heterocycles. The molecule has 0 spiro atoms. The van der Waals surface area contributed by atoms with Crippen LogP contribution in [0.2, 0.25) is 0 Å². The van der Waals surface area contributed by atoms with E-state index in [0.29, 0.717) is 0 Å². The van der Waals surface area contributed by atoms with Gasteiger partial charge in [0.25, 0.3) is 0 Å². The summed E-state index contributed by atoms with van der Waals surface area (Å²) < 4.78 is 0. The highest BCUT2D eigenvalue weighted by Crippen LogP contribution is 2.22. The van der Waals surface area contributed by atoms with Crippen LogP contribution in [-0.2, 0) is 4.79 Å². The lowest BCUT2D eigenvalue weighted by atomic mass is 9.94. The number of unbranched alkanes of at least 4 members (excludes halogenated alkanes) is 1. The number of nitrogens with two attached hydrogens (primary N) is 1. The molecule has 0 radical (unpaired) electrons. The van der Waals surface area contributed by atoms with Crippen LogP contribution in [0.25, 0.3) is 0 Å². The van der Waals surface area contributed by atoms with Crippen LogP contribution in [-0.4, -0.2) is 43.0 Å². The molecule has 1 aliphatic rings. The molecule has 1 fully saturated rings. The molecule has 0 saturated carbocycles. The van der Waals surface area contributed by atoms with Gasteiger partial charge in [0.1, 0.15) is 0 Å². The van der Waals surface area contributed by atoms with E-state index >= 15 is 0 Å². The summed E-state index contributed by atoms with van der Waals surface area (Å²) in [7, 11) is 1.80. The first-order valence-corrected chi connectivity index (χ1v) is 7.10. The third-order valence-electron chi connectivity index (χ3n) is 4.56. The molecule has 4 heteroatoms. The number of carbonyl (C=O) groups is 1. The molecular weight excluding hydrogens is 226 g/mol. The molecule has 4 nitrogen and oxygen atoms in total. The largest absolute Gasteiger partial charge is 0.368 e. The fourth-order valence-electron chi connectivity index (χ4n) is 2.62. The molecule has 1 rings (SSSR count). The molecule has 3 atom stereocenters. The Morgan fingerprint density at radius 2 is 1.89 bits per heavy atom. The molecule has 1 amide bonds. The lowest BCUT2D eigenvalue weighted by molar-refractivity contribution is -0.123. The quantitative estimate of drug-likeness (QED) is 0.672. The number of hydrogen-bond acceptors (Lipinski definition) is 3. The minimum absolute atomic E-state index is 0.256. The van der Waals surface area contributed by atoms with E-state index in [-0.39, 0.29) is 5.91 Å². The Morgan fingerprint density at radius 1 is 1.33 bits per heavy atom. The van der Waals surface area contributed by atoms with E-state index < -0.39 is 5.54 Å². The molecule has 1 aliphatic heterocycles. The van der Waals surface area contributed by atoms with Crippen LogP contribution in [0.1, 0.15) is 40.0 Å². The second-order valence-electron chi connectivity index (χ2n) is 6.12. The summed E-state index contributed by atoms with van der Waals surface area (Å²) in [5, 5.41) is 3.03. The first kappa shape index (κ1) is 15.4. The van der Waals surface area contributed by atoms with Gasteiger partial charge in [0.15, 0.2) is 0 Å². The Hall–Kier alpha value is -0.610. The van der Waals surface area contributed by atoms with Gasteiger partial charge in [0.05, 0.1) is 5.54 Å². The summed E-state index contributed by atoms with van der Waals surface area (Å²) in [6.45, 7) is 10.1. The summed E-state index contributed by atoms with van der Waals surface area (Å²) in [4.78, 5) is 13.9. The molecule has 0 aromatic rings. The summed E-state index contributed by atoms with van der Waals surface area (Å²) in [6.07, 6.45) is 3.00. The van der Waals surface area contributed by atoms with Gasteiger partial charge < -0.3 is 16.0 Å². The highest BCUT2D eigenvalue weighted by molar-refractivity contribution is 5.84. The molecule has 0 aromatic heterocycles. The zero-order chi connectivity index (χ0) is 13.8. The number of rotatable bonds is 7. The van der Waals surface area contributed by atoms with Crippen molar-refractivity contribution in [2.75, 3.05) is 26.7 Å². The zero-order valence-electron chi connectivity index (χ0n) is 12.3. The molecular formula is C14H29N3O. The van der Waals surface area contributed by atoms with Crippen molar-refractivity contribution < 1.29 is 4.79 Å². The number of likely N-dealkylation sites (tertiary alicyclic amines) is 1. The number of hydrogen-bond donors (Lipinski definition) is 2. The predicted molar refractivity (Wildman–Crippen MR) is 75.3 cm³/mol. The lowest BCUT2D eigenvalue weighted by Crippen LogP contribution is -2.51. The normalized spacial score (nSPS) is 28.2. The van der Waals surface area contributed by atoms with E-state index in [1.54, 1.807) is 7.05 Å². The second-order valence-corrected chi connectivity index (χ2v) is 6.12. The SMILES string of the molecule is CNC(C)(CCCCN1CC(C)C(C)C1)C(N)=O. The van der Waals surface area contributed by atoms with E-state index in [1.807, 2.05) is 6.92 Å². The van der Waals surface area contributed by atoms with Crippen LogP contribution >= 0.6 is 0 Å². The van der Waals surface area contributed by atoms with Crippen LogP contribution in [0, 0.1) is 11.8 Å². The number of likely N-dealkylation sites (N-methyl/N-ethyl adjacent to an activating group) is 1. The van der Waals surface area contributed by atoms with Gasteiger partial charge in [-0.1, -0.05) is 13.8 Å². The number of carbonyl (C=O) groups excluding carboxylic acids is 1. The fraction of sp³-hybridized carbons (Fsp3) is 0.929. The van der Waals surface area contributed by atoms with E-state index in [2.05, 4.69) is 24.1 Å². The second kappa shape index (κ2) is 6.53. The minimum Gasteiger partial charge on any atom is -0.368 e. The maximum atomic E-state index is 11.3. The molecule has 0 bridgehead atoms. The van der Waals surface area contributed by atoms with Crippen molar-refractivity contribution >= 4 is 5.91 Å². The van der Waals surface area contributed by atoms with Gasteiger partial charge in [-0.3, -0.25) is 4.79 Å². The number of amides is 1. The van der Waals surface area contributed by atoms with Crippen LogP contribution in [0.4, 0.5) is 0 Å². The molecule has 106 valence electrons. The predicted octanol–water partition coefficient (Wildman–Crippen LogP) is 1.21. The van der Waals surface area contributed by atoms with Crippen molar-refractivity contribution in [1.29, 1.82) is 0 Å². The fourth-order valence-corrected chi connectivity index (χ4v) is 2.62. The van der Waals surface area contributed by atoms with Crippen LogP contribution in [0.5, 0.6) is 0 Å². The third kappa shape index (κ3) is 3.95. The van der Waals surface area contributed by atoms with Gasteiger partial charge in [-0.25, -0.2) is 0 Å². The minimum atomic E-state index is -0.550. The van der Waals surface area contributed by atoms with Gasteiger partial charge in [-0.15, -0.1) is 0 Å². The number of primary amides is 1. The van der Waals surface area contributed by atoms with Gasteiger partial charge in [-0.05, 0) is 51.6 Å². The number of nitrogens with one attached hydrogen (secondary N) is 1. The standard InChI is InChI=1S/C14H29N3O/c1-11-9-17(10-12(11)2)8-6-5-7-14(3,16-4)13(15)18/h11-12,16H,5-10H2,1-4H3,(H2,15,18). The molecule has 1 saturated heterocycles. The van der Waals surface area contributed by atoms with Gasteiger partial charge in [0, 0.05) is 13.1 Å². The molecule has 0 aromatic carbocycles. The summed E-state index contributed by atoms with van der Waals surface area (Å²) in [6, 6.07) is 0. The van der Waals surface area contributed by atoms with Crippen LogP contribution in [0.15, 0.2) is 0 Å². The summed E-state index contributed by atoms with van der Waals surface area (Å²) >= 11 is 0. The van der Waals surface area contributed by atoms with Crippen molar-refractivity contribution in [1.82, 2.24) is 10.2 Å². The van der Waals surface area contributed by atoms with Crippen molar-refractivity contribution in [2.24, 2.45) is 17.6 Å². The van der Waals surface area contributed by atoms with Crippen LogP contribution in [0.3, 0.4) is 0 Å². The summed E-state index contributed by atoms with van der Waals surface area (Å²) in [5.74, 6) is 1.38. The first-order valence-electron chi connectivity index (χ1n) is 7.10. The Balaban J connectivity index is 2.21. The van der Waals surface area contributed by atoms with E-state index in [0.717, 1.165) is 37.6 Å². The zero-order valence-corrected chi connectivity index (χ0v) is 12.3. The average Bonchev–Trinajstić information content (AvgIpc) is 2.64. The average molecular weight is 255 g/mol. The Morgan fingerprint density at radius 3 is 2.33 bits per heavy atom. The highest BCUT2D eigenvalue weighted by atomic mass is 16.1. The highest BCUT2D eigenvalue weighted by Gasteiger charge is 2.29. The topological polar surface area (TPSA) is 58.4 Å². The van der Waals surface area contributed by atoms with E-state index in [1.165, 1.54) is 13.1 Å². The maximum absolute atomic E-state index is 11.3. The van der Waals surface area contributed by atoms with Gasteiger partial charge in [-0.2, -0.15) is 0 Å². The lowest BCUT2D eigenvalue weighted by Gasteiger charge is -2.25. The van der Waals surface area contributed by atoms with Crippen molar-refractivity contribution in [3.8, 4) is 0 Å². The first-order chi connectivity index (χ1) is 8.39. The maximum Gasteiger partial charge on any atom is 0.237 e. The third-order valence-corrected chi connectivity index (χ3v) is 4.56. The molecule has 3 N–H and O–H groups in total. The van der Waals surface area contributed by atoms with Crippen molar-refractivity contribution in [2.45, 2.75) is 45.6 Å². The molecule has 3 unspecified atom stereocenters. The van der Waals surface area contributed by atoms with E-state index in [9.17, 15) is 4.79 Å². The Kier molecular flexibility index (Phi) is 5.60. The Labute approximate surface area is 111 Å². The van der Waals surface area contributed by atoms with Gasteiger partial charge >= 0.3 is 0 Å². The molecule has 18 heavy (non-hydrogen) atoms. The Bertz CT molecular complexity index is 272. The monoisotopic (exact) mass is 255 g/mol. The van der Waals surface area contributed by atoms with Crippen molar-refractivity contribution in [3.05, 3.63) is 0 Å². The van der Waals surface area contributed by atoms with Crippen molar-refractivity contribution in [3.63, 3.8) is 0 Å².